The normalized spacial score (nSPS) is 17.4. The van der Waals surface area contributed by atoms with Crippen LogP contribution in [0.4, 0.5) is 0 Å². The van der Waals surface area contributed by atoms with Crippen molar-refractivity contribution in [3.63, 3.8) is 0 Å². The maximum atomic E-state index is 11.6. The molecular formula is C11H22N2O4. The van der Waals surface area contributed by atoms with Gasteiger partial charge in [0, 0.05) is 6.04 Å². The monoisotopic (exact) mass is 246 g/mol. The fraction of sp³-hybridized carbons (Fsp3) is 0.909. The average Bonchev–Trinajstić information content (AvgIpc) is 2.87. The molecule has 0 spiro atoms. The molecule has 0 unspecified atom stereocenters. The van der Waals surface area contributed by atoms with E-state index in [0.717, 1.165) is 12.8 Å². The Hall–Kier alpha value is -0.690. The number of aliphatic hydroxyl groups is 3. The van der Waals surface area contributed by atoms with Gasteiger partial charge in [0.1, 0.15) is 5.54 Å². The molecule has 17 heavy (non-hydrogen) atoms. The van der Waals surface area contributed by atoms with Crippen molar-refractivity contribution in [3.05, 3.63) is 0 Å². The quantitative estimate of drug-likeness (QED) is 0.370. The minimum Gasteiger partial charge on any atom is -0.394 e. The van der Waals surface area contributed by atoms with E-state index in [1.165, 1.54) is 12.8 Å². The fourth-order valence-corrected chi connectivity index (χ4v) is 1.98. The van der Waals surface area contributed by atoms with Crippen LogP contribution in [0.25, 0.3) is 0 Å². The molecule has 6 heteroatoms. The zero-order chi connectivity index (χ0) is 12.7. The van der Waals surface area contributed by atoms with Crippen LogP contribution in [-0.2, 0) is 4.79 Å². The summed E-state index contributed by atoms with van der Waals surface area (Å²) in [5.41, 5.74) is -1.32. The summed E-state index contributed by atoms with van der Waals surface area (Å²) in [4.78, 5) is 11.6. The molecule has 1 fully saturated rings. The molecule has 0 aliphatic heterocycles. The Morgan fingerprint density at radius 1 is 1.12 bits per heavy atom. The molecular weight excluding hydrogens is 224 g/mol. The van der Waals surface area contributed by atoms with Crippen molar-refractivity contribution in [2.45, 2.75) is 37.3 Å². The van der Waals surface area contributed by atoms with Crippen molar-refractivity contribution in [3.8, 4) is 0 Å². The van der Waals surface area contributed by atoms with Crippen molar-refractivity contribution in [2.24, 2.45) is 0 Å². The zero-order valence-corrected chi connectivity index (χ0v) is 9.98. The van der Waals surface area contributed by atoms with E-state index in [1.807, 2.05) is 0 Å². The number of carbonyl (C=O) groups is 1. The first kappa shape index (κ1) is 14.4. The predicted molar refractivity (Wildman–Crippen MR) is 62.4 cm³/mol. The summed E-state index contributed by atoms with van der Waals surface area (Å²) in [6.07, 6.45) is 4.54. The van der Waals surface area contributed by atoms with E-state index >= 15 is 0 Å². The van der Waals surface area contributed by atoms with Crippen LogP contribution < -0.4 is 10.6 Å². The van der Waals surface area contributed by atoms with Gasteiger partial charge < -0.3 is 26.0 Å². The van der Waals surface area contributed by atoms with Gasteiger partial charge in [-0.05, 0) is 12.8 Å². The summed E-state index contributed by atoms with van der Waals surface area (Å²) in [6, 6.07) is 0.382. The summed E-state index contributed by atoms with van der Waals surface area (Å²) in [5.74, 6) is -0.325. The van der Waals surface area contributed by atoms with Crippen LogP contribution in [0.15, 0.2) is 0 Å². The lowest BCUT2D eigenvalue weighted by Gasteiger charge is -2.29. The van der Waals surface area contributed by atoms with Gasteiger partial charge in [0.05, 0.1) is 26.4 Å². The lowest BCUT2D eigenvalue weighted by Crippen LogP contribution is -2.58. The molecule has 0 aromatic heterocycles. The van der Waals surface area contributed by atoms with E-state index in [2.05, 4.69) is 10.6 Å². The maximum Gasteiger partial charge on any atom is 0.234 e. The SMILES string of the molecule is O=C(CNC1CCCC1)NC(CO)(CO)CO. The lowest BCUT2D eigenvalue weighted by atomic mass is 10.0. The van der Waals surface area contributed by atoms with Crippen LogP contribution in [0.1, 0.15) is 25.7 Å². The highest BCUT2D eigenvalue weighted by molar-refractivity contribution is 5.79. The van der Waals surface area contributed by atoms with Crippen LogP contribution in [-0.4, -0.2) is 59.2 Å². The highest BCUT2D eigenvalue weighted by atomic mass is 16.3. The van der Waals surface area contributed by atoms with Crippen molar-refractivity contribution >= 4 is 5.91 Å². The summed E-state index contributed by atoms with van der Waals surface area (Å²) in [7, 11) is 0. The Morgan fingerprint density at radius 2 is 1.65 bits per heavy atom. The van der Waals surface area contributed by atoms with Crippen molar-refractivity contribution in [1.29, 1.82) is 0 Å². The molecule has 0 saturated heterocycles. The van der Waals surface area contributed by atoms with E-state index in [0.29, 0.717) is 6.04 Å². The molecule has 1 aliphatic rings. The van der Waals surface area contributed by atoms with E-state index in [4.69, 9.17) is 15.3 Å². The molecule has 1 amide bonds. The Labute approximate surface area is 101 Å². The maximum absolute atomic E-state index is 11.6. The van der Waals surface area contributed by atoms with Gasteiger partial charge in [0.25, 0.3) is 0 Å². The van der Waals surface area contributed by atoms with Crippen LogP contribution in [0.3, 0.4) is 0 Å². The number of rotatable bonds is 7. The highest BCUT2D eigenvalue weighted by Gasteiger charge is 2.29. The zero-order valence-electron chi connectivity index (χ0n) is 9.98. The Morgan fingerprint density at radius 3 is 2.12 bits per heavy atom. The molecule has 0 atom stereocenters. The van der Waals surface area contributed by atoms with E-state index < -0.39 is 25.4 Å². The minimum atomic E-state index is -1.32. The summed E-state index contributed by atoms with van der Waals surface area (Å²) < 4.78 is 0. The largest absolute Gasteiger partial charge is 0.394 e. The Kier molecular flexibility index (Phi) is 5.84. The molecule has 5 N–H and O–H groups in total. The van der Waals surface area contributed by atoms with Gasteiger partial charge in [-0.2, -0.15) is 0 Å². The number of carbonyl (C=O) groups excluding carboxylic acids is 1. The van der Waals surface area contributed by atoms with Gasteiger partial charge in [-0.3, -0.25) is 4.79 Å². The first-order valence-corrected chi connectivity index (χ1v) is 6.03. The standard InChI is InChI=1S/C11H22N2O4/c14-6-11(7-15,8-16)13-10(17)5-12-9-3-1-2-4-9/h9,12,14-16H,1-8H2,(H,13,17). The van der Waals surface area contributed by atoms with Crippen molar-refractivity contribution in [2.75, 3.05) is 26.4 Å². The van der Waals surface area contributed by atoms with Gasteiger partial charge in [-0.1, -0.05) is 12.8 Å². The average molecular weight is 246 g/mol. The summed E-state index contributed by atoms with van der Waals surface area (Å²) >= 11 is 0. The first-order chi connectivity index (χ1) is 8.15. The van der Waals surface area contributed by atoms with Crippen LogP contribution in [0, 0.1) is 0 Å². The molecule has 0 heterocycles. The van der Waals surface area contributed by atoms with E-state index in [1.54, 1.807) is 0 Å². The molecule has 100 valence electrons. The van der Waals surface area contributed by atoms with Gasteiger partial charge in [0.2, 0.25) is 5.91 Å². The smallest absolute Gasteiger partial charge is 0.234 e. The predicted octanol–water partition coefficient (Wildman–Crippen LogP) is -1.65. The van der Waals surface area contributed by atoms with Crippen molar-refractivity contribution < 1.29 is 20.1 Å². The topological polar surface area (TPSA) is 102 Å². The van der Waals surface area contributed by atoms with E-state index in [-0.39, 0.29) is 12.5 Å². The number of hydrogen-bond donors (Lipinski definition) is 5. The Balaban J connectivity index is 2.31. The Bertz CT molecular complexity index is 229. The molecule has 1 aliphatic carbocycles. The van der Waals surface area contributed by atoms with Gasteiger partial charge in [-0.25, -0.2) is 0 Å². The van der Waals surface area contributed by atoms with Crippen molar-refractivity contribution in [1.82, 2.24) is 10.6 Å². The van der Waals surface area contributed by atoms with E-state index in [9.17, 15) is 4.79 Å². The molecule has 0 radical (unpaired) electrons. The molecule has 0 bridgehead atoms. The molecule has 1 saturated carbocycles. The fourth-order valence-electron chi connectivity index (χ4n) is 1.98. The lowest BCUT2D eigenvalue weighted by molar-refractivity contribution is -0.124. The number of hydrogen-bond acceptors (Lipinski definition) is 5. The second-order valence-corrected chi connectivity index (χ2v) is 4.67. The first-order valence-electron chi connectivity index (χ1n) is 6.03. The minimum absolute atomic E-state index is 0.145. The summed E-state index contributed by atoms with van der Waals surface area (Å²) in [6.45, 7) is -1.33. The molecule has 0 aromatic rings. The second kappa shape index (κ2) is 6.90. The summed E-state index contributed by atoms with van der Waals surface area (Å²) in [5, 5.41) is 32.7. The number of nitrogens with one attached hydrogen (secondary N) is 2. The van der Waals surface area contributed by atoms with Gasteiger partial charge >= 0.3 is 0 Å². The van der Waals surface area contributed by atoms with Crippen LogP contribution in [0.2, 0.25) is 0 Å². The third-order valence-corrected chi connectivity index (χ3v) is 3.22. The molecule has 6 nitrogen and oxygen atoms in total. The van der Waals surface area contributed by atoms with Gasteiger partial charge in [0.15, 0.2) is 0 Å². The van der Waals surface area contributed by atoms with Crippen LogP contribution >= 0.6 is 0 Å². The number of aliphatic hydroxyl groups excluding tert-OH is 3. The molecule has 1 rings (SSSR count). The molecule has 0 aromatic carbocycles. The third kappa shape index (κ3) is 4.23. The second-order valence-electron chi connectivity index (χ2n) is 4.67. The van der Waals surface area contributed by atoms with Gasteiger partial charge in [-0.15, -0.1) is 0 Å². The number of amides is 1. The highest BCUT2D eigenvalue weighted by Crippen LogP contribution is 2.17. The van der Waals surface area contributed by atoms with Crippen LogP contribution in [0.5, 0.6) is 0 Å². The third-order valence-electron chi connectivity index (χ3n) is 3.22.